The van der Waals surface area contributed by atoms with E-state index in [9.17, 15) is 14.1 Å². The van der Waals surface area contributed by atoms with Crippen LogP contribution in [-0.2, 0) is 26.3 Å². The number of aryl methyl sites for hydroxylation is 1. The van der Waals surface area contributed by atoms with E-state index >= 15 is 0 Å². The highest BCUT2D eigenvalue weighted by Crippen LogP contribution is 2.50. The molecule has 2 heterocycles. The van der Waals surface area contributed by atoms with Crippen molar-refractivity contribution >= 4 is 38.8 Å². The van der Waals surface area contributed by atoms with Crippen LogP contribution in [0, 0.1) is 17.8 Å². The fraction of sp³-hybridized carbons (Fsp3) is 0.611. The molecule has 0 saturated heterocycles. The second-order valence-electron chi connectivity index (χ2n) is 14.3. The van der Waals surface area contributed by atoms with E-state index in [4.69, 9.17) is 21.1 Å². The van der Waals surface area contributed by atoms with Crippen molar-refractivity contribution in [2.24, 2.45) is 17.8 Å². The highest BCUT2D eigenvalue weighted by molar-refractivity contribution is 7.99. The number of methoxy groups -OCH3 is 1. The van der Waals surface area contributed by atoms with Crippen molar-refractivity contribution in [3.05, 3.63) is 58.1 Å². The maximum atomic E-state index is 13.8. The molecule has 2 N–H and O–H groups in total. The van der Waals surface area contributed by atoms with Crippen LogP contribution in [0.1, 0.15) is 87.2 Å². The summed E-state index contributed by atoms with van der Waals surface area (Å²) < 4.78 is 29.6. The number of hydrogen-bond donors (Lipinski definition) is 2. The van der Waals surface area contributed by atoms with Crippen molar-refractivity contribution in [2.75, 3.05) is 31.7 Å². The van der Waals surface area contributed by atoms with Crippen LogP contribution in [-0.4, -0.2) is 64.9 Å². The van der Waals surface area contributed by atoms with Crippen LogP contribution in [0.25, 0.3) is 0 Å². The van der Waals surface area contributed by atoms with Gasteiger partial charge in [0.25, 0.3) is 5.91 Å². The Hall–Kier alpha value is -2.26. The van der Waals surface area contributed by atoms with Crippen molar-refractivity contribution in [1.82, 2.24) is 4.72 Å². The molecule has 0 aromatic heterocycles. The van der Waals surface area contributed by atoms with Crippen molar-refractivity contribution in [2.45, 2.75) is 94.5 Å². The Labute approximate surface area is 274 Å². The number of ether oxygens (including phenoxy) is 2. The van der Waals surface area contributed by atoms with Gasteiger partial charge in [0.1, 0.15) is 5.75 Å². The number of rotatable bonds is 2. The third-order valence-electron chi connectivity index (χ3n) is 11.8. The molecule has 7 nitrogen and oxygen atoms in total. The zero-order chi connectivity index (χ0) is 32.1. The van der Waals surface area contributed by atoms with Gasteiger partial charge >= 0.3 is 0 Å². The molecule has 1 unspecified atom stereocenters. The number of nitrogens with one attached hydrogen (secondary N) is 1. The van der Waals surface area contributed by atoms with E-state index in [1.54, 1.807) is 13.2 Å². The summed E-state index contributed by atoms with van der Waals surface area (Å²) in [5.41, 5.74) is 2.97. The van der Waals surface area contributed by atoms with Crippen LogP contribution in [0.5, 0.6) is 5.75 Å². The topological polar surface area (TPSA) is 88.1 Å². The van der Waals surface area contributed by atoms with E-state index in [0.717, 1.165) is 74.5 Å². The third kappa shape index (κ3) is 5.90. The summed E-state index contributed by atoms with van der Waals surface area (Å²) in [4.78, 5) is 16.0. The Balaban J connectivity index is 1.45. The average molecular weight is 657 g/mol. The normalized spacial score (nSPS) is 36.0. The maximum absolute atomic E-state index is 13.8. The highest BCUT2D eigenvalue weighted by atomic mass is 35.5. The molecule has 1 spiro atoms. The van der Waals surface area contributed by atoms with Gasteiger partial charge in [-0.15, -0.1) is 0 Å². The average Bonchev–Trinajstić information content (AvgIpc) is 3.14. The highest BCUT2D eigenvalue weighted by Gasteiger charge is 2.52. The van der Waals surface area contributed by atoms with Crippen LogP contribution < -0.4 is 14.4 Å². The maximum Gasteiger partial charge on any atom is 0.262 e. The quantitative estimate of drug-likeness (QED) is 0.376. The summed E-state index contributed by atoms with van der Waals surface area (Å²) in [5.74, 6) is 4.92. The van der Waals surface area contributed by atoms with E-state index < -0.39 is 21.4 Å². The van der Waals surface area contributed by atoms with Crippen LogP contribution in [0.2, 0.25) is 5.02 Å². The molecule has 9 heteroatoms. The van der Waals surface area contributed by atoms with Crippen LogP contribution >= 0.6 is 11.6 Å². The number of amides is 1. The molecule has 45 heavy (non-hydrogen) atoms. The number of carbonyl (C=O) groups excluding carboxylic acids is 1. The number of halogens is 1. The summed E-state index contributed by atoms with van der Waals surface area (Å²) in [6, 6.07) is 11.8. The first-order valence-corrected chi connectivity index (χ1v) is 18.8. The summed E-state index contributed by atoms with van der Waals surface area (Å²) in [6.07, 6.45) is 6.77. The lowest BCUT2D eigenvalue weighted by Gasteiger charge is -2.53. The molecule has 0 radical (unpaired) electrons. The zero-order valence-corrected chi connectivity index (χ0v) is 28.7. The molecule has 1 amide bonds. The summed E-state index contributed by atoms with van der Waals surface area (Å²) in [5, 5.41) is 11.7. The molecule has 1 fully saturated rings. The van der Waals surface area contributed by atoms with Gasteiger partial charge in [-0.1, -0.05) is 31.0 Å². The fourth-order valence-electron chi connectivity index (χ4n) is 8.72. The lowest BCUT2D eigenvalue weighted by Crippen LogP contribution is -2.58. The van der Waals surface area contributed by atoms with Gasteiger partial charge in [-0.25, -0.2) is 4.21 Å². The smallest absolute Gasteiger partial charge is 0.262 e. The first-order valence-electron chi connectivity index (χ1n) is 16.6. The molecule has 2 aliphatic carbocycles. The van der Waals surface area contributed by atoms with Gasteiger partial charge in [0.15, 0.2) is 0 Å². The number of aliphatic hydroxyl groups is 1. The van der Waals surface area contributed by atoms with Crippen LogP contribution in [0.15, 0.2) is 36.4 Å². The lowest BCUT2D eigenvalue weighted by atomic mass is 9.61. The molecule has 6 rings (SSSR count). The molecule has 4 aliphatic rings. The number of carbonyl (C=O) groups is 1. The van der Waals surface area contributed by atoms with Gasteiger partial charge in [0.2, 0.25) is 0 Å². The van der Waals surface area contributed by atoms with E-state index in [2.05, 4.69) is 34.5 Å². The minimum Gasteiger partial charge on any atom is -0.490 e. The SMILES string of the molecule is C=S1(=O)NC(=O)c2ccc3c(c2)N(C[C@@H]2CC[C@H]2[C@](OC)([C@H](C)O)CCC[C@H](C)[C@H]1C)C[C@@]1(CCCc2cc(Cl)ccc21)CO3. The largest absolute Gasteiger partial charge is 0.490 e. The number of anilines is 1. The molecular formula is C36H49ClN2O5S. The molecule has 2 bridgehead atoms. The van der Waals surface area contributed by atoms with Gasteiger partial charge in [-0.2, -0.15) is 0 Å². The van der Waals surface area contributed by atoms with E-state index in [-0.39, 0.29) is 28.4 Å². The van der Waals surface area contributed by atoms with E-state index in [1.807, 2.05) is 32.0 Å². The minimum atomic E-state index is -2.93. The second kappa shape index (κ2) is 12.4. The van der Waals surface area contributed by atoms with Crippen molar-refractivity contribution in [3.8, 4) is 5.75 Å². The van der Waals surface area contributed by atoms with Crippen LogP contribution in [0.3, 0.4) is 0 Å². The van der Waals surface area contributed by atoms with Crippen LogP contribution in [0.4, 0.5) is 5.69 Å². The molecule has 2 aromatic rings. The first-order chi connectivity index (χ1) is 21.4. The predicted octanol–water partition coefficient (Wildman–Crippen LogP) is 6.18. The number of aliphatic hydroxyl groups excluding tert-OH is 1. The van der Waals surface area contributed by atoms with E-state index in [0.29, 0.717) is 24.5 Å². The molecule has 246 valence electrons. The van der Waals surface area contributed by atoms with Crippen molar-refractivity contribution < 1.29 is 23.6 Å². The standard InChI is InChI=1S/C36H49ClN2O5S/c1-23-8-6-17-36(43-4,25(3)40)31-13-10-28(31)20-39-21-35(16-7-9-26-18-29(37)12-14-30(26)35)22-44-33-15-11-27(19-32(33)39)34(41)38-45(5,42)24(23)2/h11-12,14-15,18-19,23-25,28,31,40H,5-10,13,16-17,20-22H2,1-4H3,(H,38,41,42)/t23-,24+,25-,28-,31+,35-,36+,45?/m0/s1. The Morgan fingerprint density at radius 3 is 2.67 bits per heavy atom. The van der Waals surface area contributed by atoms with E-state index in [1.165, 1.54) is 11.1 Å². The fourth-order valence-corrected chi connectivity index (χ4v) is 10.4. The summed E-state index contributed by atoms with van der Waals surface area (Å²) in [7, 11) is -1.19. The Bertz CT molecular complexity index is 1550. The predicted molar refractivity (Wildman–Crippen MR) is 183 cm³/mol. The Kier molecular flexibility index (Phi) is 9.00. The van der Waals surface area contributed by atoms with Crippen molar-refractivity contribution in [3.63, 3.8) is 0 Å². The molecule has 8 atom stereocenters. The van der Waals surface area contributed by atoms with Gasteiger partial charge in [0.05, 0.1) is 33.7 Å². The van der Waals surface area contributed by atoms with Crippen molar-refractivity contribution in [1.29, 1.82) is 0 Å². The molecule has 2 aromatic carbocycles. The minimum absolute atomic E-state index is 0.0596. The zero-order valence-electron chi connectivity index (χ0n) is 27.1. The number of hydrogen-bond acceptors (Lipinski definition) is 6. The third-order valence-corrected chi connectivity index (χ3v) is 14.2. The molecular weight excluding hydrogens is 608 g/mol. The second-order valence-corrected chi connectivity index (χ2v) is 17.1. The van der Waals surface area contributed by atoms with Gasteiger partial charge in [0, 0.05) is 41.5 Å². The monoisotopic (exact) mass is 656 g/mol. The number of nitrogens with zero attached hydrogens (tertiary/aromatic N) is 1. The molecule has 1 saturated carbocycles. The number of benzene rings is 2. The first kappa shape index (κ1) is 32.7. The Morgan fingerprint density at radius 2 is 1.96 bits per heavy atom. The molecule has 2 aliphatic heterocycles. The van der Waals surface area contributed by atoms with Gasteiger partial charge in [-0.3, -0.25) is 9.52 Å². The number of fused-ring (bicyclic) bond motifs is 4. The summed E-state index contributed by atoms with van der Waals surface area (Å²) in [6.45, 7) is 7.86. The van der Waals surface area contributed by atoms with Gasteiger partial charge < -0.3 is 19.5 Å². The Morgan fingerprint density at radius 1 is 1.16 bits per heavy atom. The summed E-state index contributed by atoms with van der Waals surface area (Å²) >= 11 is 6.44. The van der Waals surface area contributed by atoms with Gasteiger partial charge in [-0.05, 0) is 124 Å². The lowest BCUT2D eigenvalue weighted by molar-refractivity contribution is -0.172.